The molecule has 0 N–H and O–H groups in total. The Balaban J connectivity index is 0.000000703. The molecule has 0 fully saturated rings. The molecule has 238 valence electrons. The monoisotopic (exact) mass is 768 g/mol. The van der Waals surface area contributed by atoms with E-state index >= 15 is 0 Å². The second-order valence-electron chi connectivity index (χ2n) is 12.0. The van der Waals surface area contributed by atoms with Crippen molar-refractivity contribution in [2.75, 3.05) is 6.54 Å². The first-order valence-electron chi connectivity index (χ1n) is 15.9. The number of nitrogens with zero attached hydrogens (tertiary/aromatic N) is 2. The SMILES string of the molecule is CCCCN=C(C)C(C)(C)[N-]c1c(C(C)C)cccc1C(C)C.[CH2-]c1ccccc1.[CH2-]c1ccccc1.[CH2-]c1ccccc1.[Hf+4]. The van der Waals surface area contributed by atoms with Gasteiger partial charge in [-0.3, -0.25) is 4.99 Å². The van der Waals surface area contributed by atoms with Gasteiger partial charge in [-0.25, -0.2) is 0 Å². The number of hydrogen-bond donors (Lipinski definition) is 0. The van der Waals surface area contributed by atoms with Gasteiger partial charge in [0.25, 0.3) is 0 Å². The first-order valence-corrected chi connectivity index (χ1v) is 15.9. The molecule has 3 heteroatoms. The Kier molecular flexibility index (Phi) is 21.6. The molecule has 0 saturated heterocycles. The molecule has 0 saturated carbocycles. The molecule has 4 rings (SSSR count). The van der Waals surface area contributed by atoms with E-state index in [-0.39, 0.29) is 31.4 Å². The zero-order chi connectivity index (χ0) is 33.0. The Labute approximate surface area is 296 Å². The van der Waals surface area contributed by atoms with E-state index in [1.54, 1.807) is 0 Å². The first-order chi connectivity index (χ1) is 20.9. The molecule has 0 aliphatic rings. The Morgan fingerprint density at radius 2 is 1.00 bits per heavy atom. The van der Waals surface area contributed by atoms with E-state index in [1.807, 2.05) is 91.0 Å². The fourth-order valence-corrected chi connectivity index (χ4v) is 4.03. The molecule has 2 nitrogen and oxygen atoms in total. The summed E-state index contributed by atoms with van der Waals surface area (Å²) in [5, 5.41) is 5.18. The van der Waals surface area contributed by atoms with Crippen LogP contribution in [0.5, 0.6) is 0 Å². The van der Waals surface area contributed by atoms with Gasteiger partial charge >= 0.3 is 25.8 Å². The predicted octanol–water partition coefficient (Wildman–Crippen LogP) is 12.6. The number of aliphatic imine (C=N–C) groups is 1. The molecule has 0 aliphatic carbocycles. The van der Waals surface area contributed by atoms with Gasteiger partial charge in [-0.2, -0.15) is 73.9 Å². The van der Waals surface area contributed by atoms with Crippen LogP contribution in [0.3, 0.4) is 0 Å². The normalized spacial score (nSPS) is 10.7. The Hall–Kier alpha value is -3.17. The molecule has 0 aromatic heterocycles. The molecule has 0 atom stereocenters. The van der Waals surface area contributed by atoms with Crippen molar-refractivity contribution in [3.63, 3.8) is 0 Å². The Morgan fingerprint density at radius 3 is 1.27 bits per heavy atom. The van der Waals surface area contributed by atoms with Gasteiger partial charge in [0.05, 0.1) is 0 Å². The van der Waals surface area contributed by atoms with E-state index < -0.39 is 0 Å². The summed E-state index contributed by atoms with van der Waals surface area (Å²) in [4.78, 5) is 4.75. The van der Waals surface area contributed by atoms with Gasteiger partial charge in [-0.15, -0.1) is 42.1 Å². The summed E-state index contributed by atoms with van der Waals surface area (Å²) in [6.45, 7) is 29.7. The average molecular weight is 767 g/mol. The molecule has 0 radical (unpaired) electrons. The molecule has 0 spiro atoms. The topological polar surface area (TPSA) is 26.5 Å². The van der Waals surface area contributed by atoms with Crippen LogP contribution in [0.15, 0.2) is 114 Å². The fraction of sp³-hybridized carbons (Fsp3) is 0.333. The standard InChI is InChI=1S/C21H35N2.3C7H7.Hf/c1-9-10-14-22-17(6)21(7,8)23-20-18(15(2)3)12-11-13-19(20)16(4)5;3*1-7-5-3-2-4-6-7;/h11-13,15-16H,9-10,14H2,1-8H3;3*2-6H,1H2;/q4*-1;+4. The summed E-state index contributed by atoms with van der Waals surface area (Å²) in [5.41, 5.74) is 7.93. The molecule has 4 aromatic rings. The minimum atomic E-state index is -0.262. The number of hydrogen-bond acceptors (Lipinski definition) is 1. The van der Waals surface area contributed by atoms with Crippen LogP contribution < -0.4 is 0 Å². The van der Waals surface area contributed by atoms with Crippen molar-refractivity contribution >= 4 is 11.4 Å². The average Bonchev–Trinajstić information content (AvgIpc) is 2.99. The predicted molar refractivity (Wildman–Crippen MR) is 197 cm³/mol. The van der Waals surface area contributed by atoms with E-state index in [0.29, 0.717) is 11.8 Å². The van der Waals surface area contributed by atoms with Crippen LogP contribution >= 0.6 is 0 Å². The van der Waals surface area contributed by atoms with Crippen LogP contribution in [-0.2, 0) is 25.8 Å². The van der Waals surface area contributed by atoms with E-state index in [9.17, 15) is 0 Å². The van der Waals surface area contributed by atoms with Crippen LogP contribution in [0.4, 0.5) is 5.69 Å². The Bertz CT molecular complexity index is 1200. The zero-order valence-corrected chi connectivity index (χ0v) is 32.8. The van der Waals surface area contributed by atoms with E-state index in [1.165, 1.54) is 23.2 Å². The van der Waals surface area contributed by atoms with Crippen LogP contribution in [0.25, 0.3) is 5.32 Å². The Morgan fingerprint density at radius 1 is 0.644 bits per heavy atom. The molecule has 4 aromatic carbocycles. The smallest absolute Gasteiger partial charge is 0.674 e. The maximum Gasteiger partial charge on any atom is 4.00 e. The molecule has 45 heavy (non-hydrogen) atoms. The van der Waals surface area contributed by atoms with Crippen molar-refractivity contribution in [3.8, 4) is 0 Å². The van der Waals surface area contributed by atoms with Crippen molar-refractivity contribution in [1.82, 2.24) is 0 Å². The summed E-state index contributed by atoms with van der Waals surface area (Å²) in [5.74, 6) is 0.946. The molecule has 0 bridgehead atoms. The summed E-state index contributed by atoms with van der Waals surface area (Å²) < 4.78 is 0. The van der Waals surface area contributed by atoms with E-state index in [4.69, 9.17) is 10.3 Å². The van der Waals surface area contributed by atoms with Gasteiger partial charge < -0.3 is 5.32 Å². The maximum absolute atomic E-state index is 5.18. The van der Waals surface area contributed by atoms with E-state index in [2.05, 4.69) is 94.4 Å². The summed E-state index contributed by atoms with van der Waals surface area (Å²) >= 11 is 0. The maximum atomic E-state index is 5.18. The number of para-hydroxylation sites is 1. The van der Waals surface area contributed by atoms with Crippen molar-refractivity contribution in [2.24, 2.45) is 4.99 Å². The van der Waals surface area contributed by atoms with Crippen LogP contribution in [0.1, 0.15) is 108 Å². The third-order valence-corrected chi connectivity index (χ3v) is 7.01. The zero-order valence-electron chi connectivity index (χ0n) is 29.2. The fourth-order valence-electron chi connectivity index (χ4n) is 4.03. The van der Waals surface area contributed by atoms with Crippen molar-refractivity contribution in [2.45, 2.75) is 85.6 Å². The number of unbranched alkanes of at least 4 members (excludes halogenated alkanes) is 1. The van der Waals surface area contributed by atoms with Crippen LogP contribution in [0, 0.1) is 20.8 Å². The van der Waals surface area contributed by atoms with Gasteiger partial charge in [-0.05, 0) is 30.9 Å². The third kappa shape index (κ3) is 17.8. The molecular weight excluding hydrogens is 711 g/mol. The van der Waals surface area contributed by atoms with Crippen molar-refractivity contribution < 1.29 is 25.8 Å². The number of rotatable bonds is 8. The van der Waals surface area contributed by atoms with Crippen molar-refractivity contribution in [3.05, 3.63) is 163 Å². The van der Waals surface area contributed by atoms with Gasteiger partial charge in [0.1, 0.15) is 0 Å². The quantitative estimate of drug-likeness (QED) is 0.0739. The van der Waals surface area contributed by atoms with Gasteiger partial charge in [0.2, 0.25) is 0 Å². The van der Waals surface area contributed by atoms with Gasteiger partial charge in [0, 0.05) is 6.54 Å². The largest absolute Gasteiger partial charge is 4.00 e. The molecule has 0 aliphatic heterocycles. The van der Waals surface area contributed by atoms with Gasteiger partial charge in [0.15, 0.2) is 0 Å². The summed E-state index contributed by atoms with van der Waals surface area (Å²) in [6.07, 6.45) is 2.33. The first kappa shape index (κ1) is 41.8. The van der Waals surface area contributed by atoms with E-state index in [0.717, 1.165) is 35.4 Å². The number of benzene rings is 4. The third-order valence-electron chi connectivity index (χ3n) is 7.01. The second-order valence-corrected chi connectivity index (χ2v) is 12.0. The minimum Gasteiger partial charge on any atom is -0.674 e. The molecule has 0 unspecified atom stereocenters. The molecule has 0 heterocycles. The summed E-state index contributed by atoms with van der Waals surface area (Å²) in [7, 11) is 0. The molecule has 0 amide bonds. The second kappa shape index (κ2) is 23.2. The summed E-state index contributed by atoms with van der Waals surface area (Å²) in [6, 6.07) is 36.2. The van der Waals surface area contributed by atoms with Gasteiger partial charge in [-0.1, -0.05) is 108 Å². The minimum absolute atomic E-state index is 0. The van der Waals surface area contributed by atoms with Crippen LogP contribution in [0.2, 0.25) is 0 Å². The van der Waals surface area contributed by atoms with Crippen molar-refractivity contribution in [1.29, 1.82) is 0 Å². The molecular formula is C42H56HfN2. The van der Waals surface area contributed by atoms with Crippen LogP contribution in [-0.4, -0.2) is 17.8 Å².